The van der Waals surface area contributed by atoms with Gasteiger partial charge in [-0.25, -0.2) is 4.57 Å². The molecule has 11 nitrogen and oxygen atoms in total. The number of rotatable bonds is 13. The Labute approximate surface area is 228 Å². The molecule has 1 unspecified atom stereocenters. The molecule has 0 aromatic heterocycles. The second-order valence-corrected chi connectivity index (χ2v) is 13.7. The fourth-order valence-electron chi connectivity index (χ4n) is 4.39. The molecule has 1 saturated carbocycles. The largest absolute Gasteiger partial charge is 0.493 e. The number of carbonyl (C=O) groups is 2. The van der Waals surface area contributed by atoms with Gasteiger partial charge in [-0.05, 0) is 54.2 Å². The van der Waals surface area contributed by atoms with Gasteiger partial charge in [-0.15, -0.1) is 0 Å². The van der Waals surface area contributed by atoms with Gasteiger partial charge < -0.3 is 34.6 Å². The molecule has 0 bridgehead atoms. The number of ether oxygens (including phenoxy) is 1. The van der Waals surface area contributed by atoms with Crippen LogP contribution in [0, 0.1) is 5.92 Å². The van der Waals surface area contributed by atoms with E-state index in [0.29, 0.717) is 18.1 Å². The molecule has 1 fully saturated rings. The maximum Gasteiger partial charge on any atom is 0.388 e. The zero-order chi connectivity index (χ0) is 28.5. The lowest BCUT2D eigenvalue weighted by molar-refractivity contribution is -0.128. The highest BCUT2D eigenvalue weighted by Crippen LogP contribution is 2.55. The highest BCUT2D eigenvalue weighted by Gasteiger charge is 2.32. The molecule has 5 N–H and O–H groups in total. The average Bonchev–Trinajstić information content (AvgIpc) is 2.86. The molecule has 0 radical (unpaired) electrons. The van der Waals surface area contributed by atoms with Crippen LogP contribution in [0.2, 0.25) is 0 Å². The smallest absolute Gasteiger partial charge is 0.388 e. The first-order chi connectivity index (χ1) is 18.4. The molecule has 1 aliphatic carbocycles. The summed E-state index contributed by atoms with van der Waals surface area (Å²) in [7, 11) is -9.30. The van der Waals surface area contributed by atoms with E-state index in [-0.39, 0.29) is 30.5 Å². The third-order valence-electron chi connectivity index (χ3n) is 6.27. The van der Waals surface area contributed by atoms with Crippen molar-refractivity contribution in [2.24, 2.45) is 5.92 Å². The van der Waals surface area contributed by atoms with E-state index < -0.39 is 27.1 Å². The molecule has 2 aromatic carbocycles. The average molecular weight is 583 g/mol. The van der Waals surface area contributed by atoms with Gasteiger partial charge in [-0.2, -0.15) is 0 Å². The SMILES string of the molecule is CC(=O)N[C@@H](Cc1ccc(OP(=O)(O)CP(=O)(O)O)cc1)C(=O)NCc1ccc(OCC2CCCCC2)cc1. The van der Waals surface area contributed by atoms with Crippen LogP contribution >= 0.6 is 15.2 Å². The van der Waals surface area contributed by atoms with Gasteiger partial charge in [0, 0.05) is 19.9 Å². The second-order valence-electron chi connectivity index (χ2n) is 9.81. The van der Waals surface area contributed by atoms with Gasteiger partial charge in [0.1, 0.15) is 17.5 Å². The lowest BCUT2D eigenvalue weighted by Crippen LogP contribution is -2.47. The Morgan fingerprint density at radius 3 is 2.10 bits per heavy atom. The molecule has 0 saturated heterocycles. The summed E-state index contributed by atoms with van der Waals surface area (Å²) in [5.74, 6) is -0.736. The molecule has 0 aliphatic heterocycles. The van der Waals surface area contributed by atoms with E-state index in [1.54, 1.807) is 0 Å². The van der Waals surface area contributed by atoms with Crippen molar-refractivity contribution < 1.29 is 42.7 Å². The van der Waals surface area contributed by atoms with Crippen LogP contribution in [0.3, 0.4) is 0 Å². The van der Waals surface area contributed by atoms with E-state index >= 15 is 0 Å². The fraction of sp³-hybridized carbons (Fsp3) is 0.462. The summed E-state index contributed by atoms with van der Waals surface area (Å²) in [6, 6.07) is 12.4. The molecule has 0 spiro atoms. The molecular formula is C26H36N2O9P2. The Balaban J connectivity index is 1.52. The lowest BCUT2D eigenvalue weighted by Gasteiger charge is -2.21. The molecular weight excluding hydrogens is 546 g/mol. The van der Waals surface area contributed by atoms with Crippen LogP contribution in [-0.4, -0.2) is 45.0 Å². The van der Waals surface area contributed by atoms with Crippen LogP contribution in [0.4, 0.5) is 0 Å². The third-order valence-corrected chi connectivity index (χ3v) is 9.67. The Morgan fingerprint density at radius 1 is 0.923 bits per heavy atom. The molecule has 3 rings (SSSR count). The second kappa shape index (κ2) is 14.1. The first-order valence-electron chi connectivity index (χ1n) is 12.8. The third kappa shape index (κ3) is 11.5. The molecule has 39 heavy (non-hydrogen) atoms. The maximum atomic E-state index is 12.9. The highest BCUT2D eigenvalue weighted by atomic mass is 31.2. The molecule has 214 valence electrons. The van der Waals surface area contributed by atoms with E-state index in [1.807, 2.05) is 24.3 Å². The summed E-state index contributed by atoms with van der Waals surface area (Å²) in [4.78, 5) is 52.1. The van der Waals surface area contributed by atoms with Crippen molar-refractivity contribution in [3.63, 3.8) is 0 Å². The topological polar surface area (TPSA) is 171 Å². The zero-order valence-electron chi connectivity index (χ0n) is 21.8. The zero-order valence-corrected chi connectivity index (χ0v) is 23.6. The number of carbonyl (C=O) groups excluding carboxylic acids is 2. The van der Waals surface area contributed by atoms with E-state index in [1.165, 1.54) is 63.3 Å². The molecule has 0 heterocycles. The van der Waals surface area contributed by atoms with Crippen LogP contribution < -0.4 is 19.9 Å². The molecule has 2 amide bonds. The van der Waals surface area contributed by atoms with Crippen molar-refractivity contribution in [3.05, 3.63) is 59.7 Å². The van der Waals surface area contributed by atoms with Crippen LogP contribution in [0.1, 0.15) is 50.2 Å². The monoisotopic (exact) mass is 582 g/mol. The van der Waals surface area contributed by atoms with Gasteiger partial charge in [0.15, 0.2) is 5.90 Å². The van der Waals surface area contributed by atoms with Gasteiger partial charge in [0.05, 0.1) is 6.61 Å². The van der Waals surface area contributed by atoms with Gasteiger partial charge in [-0.3, -0.25) is 14.2 Å². The van der Waals surface area contributed by atoms with Crippen molar-refractivity contribution in [1.82, 2.24) is 10.6 Å². The number of hydrogen-bond donors (Lipinski definition) is 5. The summed E-state index contributed by atoms with van der Waals surface area (Å²) >= 11 is 0. The lowest BCUT2D eigenvalue weighted by atomic mass is 9.90. The molecule has 2 atom stereocenters. The van der Waals surface area contributed by atoms with Crippen molar-refractivity contribution in [2.75, 3.05) is 12.5 Å². The minimum Gasteiger partial charge on any atom is -0.493 e. The van der Waals surface area contributed by atoms with Gasteiger partial charge >= 0.3 is 15.2 Å². The maximum absolute atomic E-state index is 12.9. The van der Waals surface area contributed by atoms with E-state index in [9.17, 15) is 23.6 Å². The van der Waals surface area contributed by atoms with E-state index in [4.69, 9.17) is 19.0 Å². The van der Waals surface area contributed by atoms with Crippen LogP contribution in [-0.2, 0) is 31.7 Å². The summed E-state index contributed by atoms with van der Waals surface area (Å²) in [6.45, 7) is 2.29. The Morgan fingerprint density at radius 2 is 1.51 bits per heavy atom. The van der Waals surface area contributed by atoms with Gasteiger partial charge in [0.2, 0.25) is 11.8 Å². The van der Waals surface area contributed by atoms with E-state index in [2.05, 4.69) is 10.6 Å². The predicted molar refractivity (Wildman–Crippen MR) is 145 cm³/mol. The number of nitrogens with one attached hydrogen (secondary N) is 2. The summed E-state index contributed by atoms with van der Waals surface area (Å²) in [6.07, 6.45) is 6.39. The fourth-order valence-corrected chi connectivity index (χ4v) is 6.93. The summed E-state index contributed by atoms with van der Waals surface area (Å²) in [5, 5.41) is 5.46. The summed E-state index contributed by atoms with van der Waals surface area (Å²) < 4.78 is 33.7. The first-order valence-corrected chi connectivity index (χ1v) is 16.4. The van der Waals surface area contributed by atoms with Crippen molar-refractivity contribution in [1.29, 1.82) is 0 Å². The quantitative estimate of drug-likeness (QED) is 0.221. The Hall–Kier alpha value is -2.68. The van der Waals surface area contributed by atoms with Crippen molar-refractivity contribution in [3.8, 4) is 11.5 Å². The normalized spacial score (nSPS) is 16.5. The Kier molecular flexibility index (Phi) is 11.2. The predicted octanol–water partition coefficient (Wildman–Crippen LogP) is 3.71. The number of hydrogen-bond acceptors (Lipinski definition) is 6. The standard InChI is InChI=1S/C26H36N2O9P2/c1-19(29)28-25(15-20-7-13-24(14-8-20)37-39(34,35)18-38(31,32)33)26(30)27-16-21-9-11-23(12-10-21)36-17-22-5-3-2-4-6-22/h7-14,22,25H,2-6,15-18H2,1H3,(H,27,30)(H,28,29)(H,34,35)(H2,31,32,33)/t25-/m0/s1. The minimum absolute atomic E-state index is 0.0651. The van der Waals surface area contributed by atoms with Gasteiger partial charge in [0.25, 0.3) is 0 Å². The Bertz CT molecular complexity index is 1190. The number of benzene rings is 2. The molecule has 13 heteroatoms. The molecule has 2 aromatic rings. The minimum atomic E-state index is -4.75. The van der Waals surface area contributed by atoms with Crippen LogP contribution in [0.15, 0.2) is 48.5 Å². The highest BCUT2D eigenvalue weighted by molar-refractivity contribution is 7.70. The van der Waals surface area contributed by atoms with Crippen molar-refractivity contribution in [2.45, 2.75) is 58.0 Å². The van der Waals surface area contributed by atoms with Crippen molar-refractivity contribution >= 4 is 27.0 Å². The first kappa shape index (κ1) is 30.9. The molecule has 1 aliphatic rings. The van der Waals surface area contributed by atoms with Crippen LogP contribution in [0.25, 0.3) is 0 Å². The van der Waals surface area contributed by atoms with Gasteiger partial charge in [-0.1, -0.05) is 43.5 Å². The van der Waals surface area contributed by atoms with Crippen LogP contribution in [0.5, 0.6) is 11.5 Å². The number of amides is 2. The van der Waals surface area contributed by atoms with E-state index in [0.717, 1.165) is 11.3 Å². The summed E-state index contributed by atoms with van der Waals surface area (Å²) in [5.41, 5.74) is 1.50.